The van der Waals surface area contributed by atoms with E-state index in [2.05, 4.69) is 5.32 Å². The van der Waals surface area contributed by atoms with Crippen LogP contribution in [0.15, 0.2) is 18.2 Å². The van der Waals surface area contributed by atoms with E-state index >= 15 is 0 Å². The first-order valence-electron chi connectivity index (χ1n) is 4.51. The fraction of sp³-hybridized carbons (Fsp3) is 0.300. The van der Waals surface area contributed by atoms with Gasteiger partial charge in [-0.05, 0) is 12.1 Å². The second kappa shape index (κ2) is 3.76. The smallest absolute Gasteiger partial charge is 0.264 e. The Morgan fingerprint density at radius 2 is 2.33 bits per heavy atom. The number of ether oxygens (including phenoxy) is 2. The van der Waals surface area contributed by atoms with Crippen molar-refractivity contribution in [3.8, 4) is 11.5 Å². The molecule has 5 heteroatoms. The summed E-state index contributed by atoms with van der Waals surface area (Å²) in [5.41, 5.74) is 0. The summed E-state index contributed by atoms with van der Waals surface area (Å²) in [5.74, 6) is 0.00576. The van der Waals surface area contributed by atoms with Crippen molar-refractivity contribution in [1.29, 1.82) is 0 Å². The van der Waals surface area contributed by atoms with Crippen LogP contribution >= 0.6 is 0 Å². The second-order valence-corrected chi connectivity index (χ2v) is 3.12. The molecule has 1 aromatic carbocycles. The van der Waals surface area contributed by atoms with Crippen molar-refractivity contribution < 1.29 is 18.7 Å². The van der Waals surface area contributed by atoms with Crippen molar-refractivity contribution in [3.05, 3.63) is 24.0 Å². The van der Waals surface area contributed by atoms with Crippen LogP contribution in [0.4, 0.5) is 4.39 Å². The highest BCUT2D eigenvalue weighted by Crippen LogP contribution is 2.31. The number of amides is 1. The van der Waals surface area contributed by atoms with Gasteiger partial charge < -0.3 is 14.8 Å². The summed E-state index contributed by atoms with van der Waals surface area (Å²) in [7, 11) is 1.51. The molecule has 1 atom stereocenters. The molecule has 0 radical (unpaired) electrons. The molecule has 0 saturated carbocycles. The zero-order chi connectivity index (χ0) is 10.8. The minimum Gasteiger partial charge on any atom is -0.485 e. The Balaban J connectivity index is 2.22. The summed E-state index contributed by atoms with van der Waals surface area (Å²) in [4.78, 5) is 11.3. The van der Waals surface area contributed by atoms with Gasteiger partial charge in [-0.3, -0.25) is 4.79 Å². The maximum Gasteiger partial charge on any atom is 0.264 e. The minimum absolute atomic E-state index is 0.137. The van der Waals surface area contributed by atoms with E-state index in [1.165, 1.54) is 25.2 Å². The molecule has 0 bridgehead atoms. The Kier molecular flexibility index (Phi) is 2.45. The van der Waals surface area contributed by atoms with Crippen molar-refractivity contribution in [2.75, 3.05) is 13.7 Å². The van der Waals surface area contributed by atoms with Crippen LogP contribution in [0.25, 0.3) is 0 Å². The summed E-state index contributed by atoms with van der Waals surface area (Å²) in [6.45, 7) is 0.137. The highest BCUT2D eigenvalue weighted by Gasteiger charge is 2.26. The van der Waals surface area contributed by atoms with E-state index in [0.717, 1.165) is 0 Å². The van der Waals surface area contributed by atoms with Crippen LogP contribution < -0.4 is 14.8 Å². The molecule has 0 saturated heterocycles. The van der Waals surface area contributed by atoms with E-state index in [4.69, 9.17) is 9.47 Å². The lowest BCUT2D eigenvalue weighted by molar-refractivity contribution is -0.129. The third kappa shape index (κ3) is 1.86. The van der Waals surface area contributed by atoms with E-state index in [9.17, 15) is 9.18 Å². The number of carbonyl (C=O) groups is 1. The van der Waals surface area contributed by atoms with Gasteiger partial charge in [0.15, 0.2) is 11.5 Å². The average molecular weight is 211 g/mol. The summed E-state index contributed by atoms with van der Waals surface area (Å²) in [5, 5.41) is 2.44. The number of hydrogen-bond acceptors (Lipinski definition) is 3. The van der Waals surface area contributed by atoms with Crippen LogP contribution in [0.2, 0.25) is 0 Å². The molecule has 1 unspecified atom stereocenters. The van der Waals surface area contributed by atoms with Gasteiger partial charge in [0, 0.05) is 13.1 Å². The number of hydrogen-bond donors (Lipinski definition) is 1. The van der Waals surface area contributed by atoms with Crippen LogP contribution in [0.5, 0.6) is 11.5 Å². The first-order chi connectivity index (χ1) is 7.20. The van der Waals surface area contributed by atoms with E-state index in [0.29, 0.717) is 5.75 Å². The highest BCUT2D eigenvalue weighted by atomic mass is 19.1. The number of rotatable bonds is 1. The van der Waals surface area contributed by atoms with Crippen molar-refractivity contribution in [2.45, 2.75) is 6.10 Å². The molecule has 0 fully saturated rings. The monoisotopic (exact) mass is 211 g/mol. The molecule has 1 aliphatic rings. The van der Waals surface area contributed by atoms with Gasteiger partial charge in [-0.25, -0.2) is 4.39 Å². The predicted octanol–water partition coefficient (Wildman–Crippen LogP) is 0.711. The molecule has 1 heterocycles. The summed E-state index contributed by atoms with van der Waals surface area (Å²) in [6.07, 6.45) is -0.718. The molecular formula is C10H10FNO3. The SMILES string of the molecule is CNC(=O)C1COc2ccc(F)cc2O1. The lowest BCUT2D eigenvalue weighted by atomic mass is 10.2. The summed E-state index contributed by atoms with van der Waals surface area (Å²) < 4.78 is 23.4. The molecule has 0 spiro atoms. The van der Waals surface area contributed by atoms with Crippen LogP contribution in [-0.2, 0) is 4.79 Å². The third-order valence-electron chi connectivity index (χ3n) is 2.10. The van der Waals surface area contributed by atoms with Crippen molar-refractivity contribution in [1.82, 2.24) is 5.32 Å². The first-order valence-corrected chi connectivity index (χ1v) is 4.51. The van der Waals surface area contributed by atoms with Crippen LogP contribution in [0.1, 0.15) is 0 Å². The minimum atomic E-state index is -0.718. The van der Waals surface area contributed by atoms with Crippen LogP contribution in [0, 0.1) is 5.82 Å². The molecule has 2 rings (SSSR count). The van der Waals surface area contributed by atoms with Crippen LogP contribution in [0.3, 0.4) is 0 Å². The topological polar surface area (TPSA) is 47.6 Å². The van der Waals surface area contributed by atoms with Crippen molar-refractivity contribution >= 4 is 5.91 Å². The van der Waals surface area contributed by atoms with E-state index in [1.54, 1.807) is 0 Å². The fourth-order valence-corrected chi connectivity index (χ4v) is 1.34. The number of likely N-dealkylation sites (N-methyl/N-ethyl adjacent to an activating group) is 1. The molecule has 0 aromatic heterocycles. The Morgan fingerprint density at radius 1 is 1.53 bits per heavy atom. The largest absolute Gasteiger partial charge is 0.485 e. The molecule has 0 aliphatic carbocycles. The highest BCUT2D eigenvalue weighted by molar-refractivity contribution is 5.81. The van der Waals surface area contributed by atoms with Gasteiger partial charge in [0.1, 0.15) is 12.4 Å². The molecule has 1 amide bonds. The van der Waals surface area contributed by atoms with E-state index in [1.807, 2.05) is 0 Å². The lowest BCUT2D eigenvalue weighted by Gasteiger charge is -2.25. The Morgan fingerprint density at radius 3 is 3.07 bits per heavy atom. The lowest BCUT2D eigenvalue weighted by Crippen LogP contribution is -2.42. The molecular weight excluding hydrogens is 201 g/mol. The number of fused-ring (bicyclic) bond motifs is 1. The number of halogens is 1. The normalized spacial score (nSPS) is 18.4. The van der Waals surface area contributed by atoms with Gasteiger partial charge >= 0.3 is 0 Å². The van der Waals surface area contributed by atoms with Crippen LogP contribution in [-0.4, -0.2) is 25.7 Å². The zero-order valence-electron chi connectivity index (χ0n) is 8.12. The fourth-order valence-electron chi connectivity index (χ4n) is 1.34. The molecule has 80 valence electrons. The van der Waals surface area contributed by atoms with Gasteiger partial charge in [-0.1, -0.05) is 0 Å². The van der Waals surface area contributed by atoms with E-state index in [-0.39, 0.29) is 18.3 Å². The maximum absolute atomic E-state index is 12.9. The van der Waals surface area contributed by atoms with Gasteiger partial charge in [0.2, 0.25) is 6.10 Å². The zero-order valence-corrected chi connectivity index (χ0v) is 8.12. The summed E-state index contributed by atoms with van der Waals surface area (Å²) >= 11 is 0. The van der Waals surface area contributed by atoms with Crippen molar-refractivity contribution in [2.24, 2.45) is 0 Å². The van der Waals surface area contributed by atoms with Gasteiger partial charge in [0.05, 0.1) is 0 Å². The molecule has 1 aromatic rings. The van der Waals surface area contributed by atoms with Gasteiger partial charge in [0.25, 0.3) is 5.91 Å². The maximum atomic E-state index is 12.9. The van der Waals surface area contributed by atoms with Gasteiger partial charge in [-0.15, -0.1) is 0 Å². The number of nitrogens with one attached hydrogen (secondary N) is 1. The Bertz CT molecular complexity index is 394. The Labute approximate surface area is 86.0 Å². The first kappa shape index (κ1) is 9.76. The predicted molar refractivity (Wildman–Crippen MR) is 50.4 cm³/mol. The van der Waals surface area contributed by atoms with E-state index < -0.39 is 11.9 Å². The number of carbonyl (C=O) groups excluding carboxylic acids is 1. The Hall–Kier alpha value is -1.78. The second-order valence-electron chi connectivity index (χ2n) is 3.12. The molecule has 4 nitrogen and oxygen atoms in total. The standard InChI is InChI=1S/C10H10FNO3/c1-12-10(13)9-5-14-7-3-2-6(11)4-8(7)15-9/h2-4,9H,5H2,1H3,(H,12,13). The van der Waals surface area contributed by atoms with Crippen molar-refractivity contribution in [3.63, 3.8) is 0 Å². The average Bonchev–Trinajstić information content (AvgIpc) is 2.27. The number of benzene rings is 1. The van der Waals surface area contributed by atoms with Gasteiger partial charge in [-0.2, -0.15) is 0 Å². The molecule has 15 heavy (non-hydrogen) atoms. The molecule has 1 N–H and O–H groups in total. The third-order valence-corrected chi connectivity index (χ3v) is 2.10. The molecule has 1 aliphatic heterocycles. The summed E-state index contributed by atoms with van der Waals surface area (Å²) in [6, 6.07) is 3.96. The quantitative estimate of drug-likeness (QED) is 0.744.